The van der Waals surface area contributed by atoms with Crippen LogP contribution in [0.5, 0.6) is 5.75 Å². The van der Waals surface area contributed by atoms with Crippen LogP contribution < -0.4 is 4.74 Å². The number of rotatable bonds is 8. The van der Waals surface area contributed by atoms with Gasteiger partial charge in [0.1, 0.15) is 5.75 Å². The number of piperidine rings is 1. The highest BCUT2D eigenvalue weighted by molar-refractivity contribution is 6.04. The van der Waals surface area contributed by atoms with Crippen molar-refractivity contribution in [3.63, 3.8) is 0 Å². The van der Waals surface area contributed by atoms with Crippen LogP contribution in [0.4, 0.5) is 0 Å². The van der Waals surface area contributed by atoms with Gasteiger partial charge >= 0.3 is 0 Å². The number of aromatic nitrogens is 1. The summed E-state index contributed by atoms with van der Waals surface area (Å²) in [6.07, 6.45) is 5.79. The van der Waals surface area contributed by atoms with Crippen LogP contribution in [0.2, 0.25) is 0 Å². The van der Waals surface area contributed by atoms with Gasteiger partial charge in [-0.3, -0.25) is 0 Å². The van der Waals surface area contributed by atoms with E-state index >= 15 is 0 Å². The first kappa shape index (κ1) is 19.2. The third-order valence-corrected chi connectivity index (χ3v) is 5.34. The molecule has 2 heterocycles. The largest absolute Gasteiger partial charge is 0.493 e. The van der Waals surface area contributed by atoms with Crippen molar-refractivity contribution in [1.82, 2.24) is 14.9 Å². The van der Waals surface area contributed by atoms with Crippen molar-refractivity contribution in [2.45, 2.75) is 45.6 Å². The summed E-state index contributed by atoms with van der Waals surface area (Å²) in [5.74, 6) is 1.73. The molecule has 6 heteroatoms. The Labute approximate surface area is 158 Å². The van der Waals surface area contributed by atoms with E-state index in [0.29, 0.717) is 0 Å². The average molecular weight is 357 g/mol. The zero-order valence-corrected chi connectivity index (χ0v) is 16.8. The molecule has 1 aromatic heterocycles. The summed E-state index contributed by atoms with van der Waals surface area (Å²) in [6.45, 7) is 6.08. The second-order valence-corrected chi connectivity index (χ2v) is 7.92. The van der Waals surface area contributed by atoms with Crippen LogP contribution in [0.15, 0.2) is 16.7 Å². The molecule has 0 unspecified atom stereocenters. The zero-order valence-electron chi connectivity index (χ0n) is 16.8. The van der Waals surface area contributed by atoms with Crippen molar-refractivity contribution >= 4 is 19.0 Å². The van der Waals surface area contributed by atoms with Crippen molar-refractivity contribution in [2.24, 2.45) is 5.92 Å². The third kappa shape index (κ3) is 4.60. The molecule has 1 aliphatic rings. The maximum Gasteiger partial charge on any atom is 0.185 e. The topological polar surface area (TPSA) is 41.7 Å². The first-order chi connectivity index (χ1) is 12.6. The molecule has 1 aliphatic heterocycles. The molecule has 0 atom stereocenters. The van der Waals surface area contributed by atoms with Gasteiger partial charge in [0, 0.05) is 11.9 Å². The summed E-state index contributed by atoms with van der Waals surface area (Å²) >= 11 is 0. The van der Waals surface area contributed by atoms with Crippen molar-refractivity contribution < 1.29 is 9.26 Å². The van der Waals surface area contributed by atoms with E-state index in [-0.39, 0.29) is 0 Å². The molecule has 0 amide bonds. The molecule has 1 saturated heterocycles. The minimum absolute atomic E-state index is 0.725. The van der Waals surface area contributed by atoms with E-state index in [1.165, 1.54) is 32.4 Å². The Bertz CT molecular complexity index is 708. The second kappa shape index (κ2) is 8.91. The third-order valence-electron chi connectivity index (χ3n) is 5.34. The normalized spacial score (nSPS) is 16.6. The van der Waals surface area contributed by atoms with Gasteiger partial charge in [-0.15, -0.1) is 0 Å². The van der Waals surface area contributed by atoms with Crippen LogP contribution in [-0.4, -0.2) is 56.6 Å². The summed E-state index contributed by atoms with van der Waals surface area (Å²) in [5.41, 5.74) is 3.10. The summed E-state index contributed by atoms with van der Waals surface area (Å²) in [6, 6.07) is 4.22. The molecule has 0 bridgehead atoms. The SMILES string of the molecule is BN1CCC(CCc2noc3c(CN(C)C)c(OCCC)ccc23)CC1. The van der Waals surface area contributed by atoms with Gasteiger partial charge in [-0.2, -0.15) is 0 Å². The molecule has 0 radical (unpaired) electrons. The molecule has 5 nitrogen and oxygen atoms in total. The van der Waals surface area contributed by atoms with Gasteiger partial charge < -0.3 is 19.0 Å². The lowest BCUT2D eigenvalue weighted by molar-refractivity contribution is 0.270. The van der Waals surface area contributed by atoms with Gasteiger partial charge in [-0.1, -0.05) is 12.1 Å². The molecular weight excluding hydrogens is 325 g/mol. The maximum absolute atomic E-state index is 5.95. The maximum atomic E-state index is 5.95. The molecule has 1 fully saturated rings. The second-order valence-electron chi connectivity index (χ2n) is 7.92. The number of nitrogens with zero attached hydrogens (tertiary/aromatic N) is 3. The highest BCUT2D eigenvalue weighted by atomic mass is 16.5. The number of aryl methyl sites for hydroxylation is 1. The monoisotopic (exact) mass is 357 g/mol. The first-order valence-corrected chi connectivity index (χ1v) is 9.94. The predicted octanol–water partition coefficient (Wildman–Crippen LogP) is 2.87. The van der Waals surface area contributed by atoms with Crippen LogP contribution in [0.1, 0.15) is 43.9 Å². The Morgan fingerprint density at radius 3 is 2.77 bits per heavy atom. The lowest BCUT2D eigenvalue weighted by Gasteiger charge is -2.29. The number of fused-ring (bicyclic) bond motifs is 1. The quantitative estimate of drug-likeness (QED) is 0.680. The fraction of sp³-hybridized carbons (Fsp3) is 0.650. The Kier molecular flexibility index (Phi) is 6.60. The van der Waals surface area contributed by atoms with Crippen LogP contribution in [0.25, 0.3) is 11.0 Å². The standard InChI is InChI=1S/C20H32BN3O2/c1-4-13-25-19-8-6-16-18(7-5-15-9-11-24(21)12-10-15)22-26-20(16)17(19)14-23(2)3/h6,8,15H,4-5,7,9-14,21H2,1-3H3. The molecule has 0 aliphatic carbocycles. The Morgan fingerprint density at radius 1 is 1.31 bits per heavy atom. The Balaban J connectivity index is 1.77. The van der Waals surface area contributed by atoms with Gasteiger partial charge in [0.2, 0.25) is 0 Å². The number of ether oxygens (including phenoxy) is 1. The minimum Gasteiger partial charge on any atom is -0.493 e. The molecular formula is C20H32BN3O2. The van der Waals surface area contributed by atoms with E-state index in [2.05, 4.69) is 56.0 Å². The zero-order chi connectivity index (χ0) is 18.5. The number of hydrogen-bond donors (Lipinski definition) is 0. The Hall–Kier alpha value is -1.53. The summed E-state index contributed by atoms with van der Waals surface area (Å²) < 4.78 is 11.7. The van der Waals surface area contributed by atoms with Crippen molar-refractivity contribution in [1.29, 1.82) is 0 Å². The molecule has 0 spiro atoms. The van der Waals surface area contributed by atoms with Crippen LogP contribution in [0, 0.1) is 5.92 Å². The summed E-state index contributed by atoms with van der Waals surface area (Å²) in [4.78, 5) is 4.57. The Morgan fingerprint density at radius 2 is 2.08 bits per heavy atom. The van der Waals surface area contributed by atoms with Gasteiger partial charge in [0.15, 0.2) is 13.6 Å². The molecule has 1 aromatic carbocycles. The predicted molar refractivity (Wildman–Crippen MR) is 108 cm³/mol. The van der Waals surface area contributed by atoms with Crippen molar-refractivity contribution in [2.75, 3.05) is 33.8 Å². The van der Waals surface area contributed by atoms with Gasteiger partial charge in [-0.25, -0.2) is 0 Å². The average Bonchev–Trinajstić information content (AvgIpc) is 3.03. The van der Waals surface area contributed by atoms with Crippen molar-refractivity contribution in [3.8, 4) is 5.75 Å². The molecule has 26 heavy (non-hydrogen) atoms. The van der Waals surface area contributed by atoms with E-state index in [4.69, 9.17) is 9.26 Å². The fourth-order valence-electron chi connectivity index (χ4n) is 3.78. The number of benzene rings is 1. The molecule has 0 saturated carbocycles. The van der Waals surface area contributed by atoms with Gasteiger partial charge in [0.25, 0.3) is 0 Å². The van der Waals surface area contributed by atoms with Crippen LogP contribution >= 0.6 is 0 Å². The lowest BCUT2D eigenvalue weighted by Crippen LogP contribution is -2.31. The van der Waals surface area contributed by atoms with Crippen molar-refractivity contribution in [3.05, 3.63) is 23.4 Å². The van der Waals surface area contributed by atoms with E-state index in [1.54, 1.807) is 0 Å². The summed E-state index contributed by atoms with van der Waals surface area (Å²) in [5, 5.41) is 5.58. The molecule has 3 rings (SSSR count). The van der Waals surface area contributed by atoms with Gasteiger partial charge in [0.05, 0.1) is 17.9 Å². The fourth-order valence-corrected chi connectivity index (χ4v) is 3.78. The smallest absolute Gasteiger partial charge is 0.185 e. The first-order valence-electron chi connectivity index (χ1n) is 9.94. The van der Waals surface area contributed by atoms with E-state index in [9.17, 15) is 0 Å². The number of hydrogen-bond acceptors (Lipinski definition) is 5. The molecule has 0 N–H and O–H groups in total. The van der Waals surface area contributed by atoms with E-state index in [0.717, 1.165) is 59.9 Å². The molecule has 142 valence electrons. The highest BCUT2D eigenvalue weighted by Crippen LogP contribution is 2.32. The lowest BCUT2D eigenvalue weighted by atomic mass is 9.90. The van der Waals surface area contributed by atoms with Crippen LogP contribution in [0.3, 0.4) is 0 Å². The highest BCUT2D eigenvalue weighted by Gasteiger charge is 2.20. The summed E-state index contributed by atoms with van der Waals surface area (Å²) in [7, 11) is 6.35. The van der Waals surface area contributed by atoms with Gasteiger partial charge in [-0.05, 0) is 77.3 Å². The minimum atomic E-state index is 0.725. The molecule has 2 aromatic rings. The van der Waals surface area contributed by atoms with E-state index in [1.807, 2.05) is 0 Å². The van der Waals surface area contributed by atoms with E-state index < -0.39 is 0 Å². The van der Waals surface area contributed by atoms with Crippen LogP contribution in [-0.2, 0) is 13.0 Å².